The lowest BCUT2D eigenvalue weighted by atomic mass is 10.00. The maximum absolute atomic E-state index is 12.6. The van der Waals surface area contributed by atoms with E-state index in [2.05, 4.69) is 10.3 Å². The first-order valence-electron chi connectivity index (χ1n) is 7.22. The number of carbonyl (C=O) groups is 1. The Morgan fingerprint density at radius 2 is 2.25 bits per heavy atom. The van der Waals surface area contributed by atoms with Crippen LogP contribution in [-0.2, 0) is 0 Å². The van der Waals surface area contributed by atoms with Crippen molar-refractivity contribution < 1.29 is 9.90 Å². The molecule has 0 spiro atoms. The van der Waals surface area contributed by atoms with Crippen LogP contribution in [0.25, 0.3) is 0 Å². The van der Waals surface area contributed by atoms with E-state index in [1.165, 1.54) is 0 Å². The number of pyridine rings is 1. The van der Waals surface area contributed by atoms with Crippen LogP contribution in [0.1, 0.15) is 28.9 Å². The van der Waals surface area contributed by atoms with Gasteiger partial charge in [-0.15, -0.1) is 0 Å². The van der Waals surface area contributed by atoms with Gasteiger partial charge < -0.3 is 15.3 Å². The maximum atomic E-state index is 12.6. The highest BCUT2D eigenvalue weighted by Crippen LogP contribution is 2.38. The molecule has 5 heteroatoms. The lowest BCUT2D eigenvalue weighted by Gasteiger charge is -2.20. The molecule has 1 aliphatic heterocycles. The predicted octanol–water partition coefficient (Wildman–Crippen LogP) is 1.27. The van der Waals surface area contributed by atoms with Gasteiger partial charge in [-0.1, -0.05) is 0 Å². The fraction of sp³-hybridized carbons (Fsp3) is 0.600. The molecular formula is C15H21N3O2. The number of carbonyl (C=O) groups excluding carboxylic acids is 1. The van der Waals surface area contributed by atoms with Gasteiger partial charge in [-0.2, -0.15) is 0 Å². The number of fused-ring (bicyclic) bond motifs is 1. The number of aromatic nitrogens is 1. The lowest BCUT2D eigenvalue weighted by Crippen LogP contribution is -2.31. The Morgan fingerprint density at radius 3 is 2.95 bits per heavy atom. The predicted molar refractivity (Wildman–Crippen MR) is 76.6 cm³/mol. The second-order valence-electron chi connectivity index (χ2n) is 5.90. The Kier molecular flexibility index (Phi) is 3.38. The zero-order valence-electron chi connectivity index (χ0n) is 12.0. The molecule has 1 saturated carbocycles. The molecule has 1 amide bonds. The van der Waals surface area contributed by atoms with Crippen molar-refractivity contribution in [2.45, 2.75) is 25.9 Å². The molecule has 108 valence electrons. The van der Waals surface area contributed by atoms with Crippen LogP contribution >= 0.6 is 0 Å². The summed E-state index contributed by atoms with van der Waals surface area (Å²) in [6, 6.07) is 1.89. The minimum Gasteiger partial charge on any atom is -0.393 e. The van der Waals surface area contributed by atoms with Crippen molar-refractivity contribution in [3.8, 4) is 0 Å². The summed E-state index contributed by atoms with van der Waals surface area (Å²) in [4.78, 5) is 18.7. The van der Waals surface area contributed by atoms with Crippen LogP contribution in [0.3, 0.4) is 0 Å². The van der Waals surface area contributed by atoms with Crippen LogP contribution in [-0.4, -0.2) is 47.1 Å². The first kappa shape index (κ1) is 13.4. The molecule has 0 radical (unpaired) electrons. The van der Waals surface area contributed by atoms with Gasteiger partial charge in [0.05, 0.1) is 17.4 Å². The van der Waals surface area contributed by atoms with Gasteiger partial charge in [-0.3, -0.25) is 9.78 Å². The van der Waals surface area contributed by atoms with E-state index in [4.69, 9.17) is 0 Å². The van der Waals surface area contributed by atoms with E-state index in [9.17, 15) is 9.90 Å². The second-order valence-corrected chi connectivity index (χ2v) is 5.90. The molecule has 3 rings (SSSR count). The minimum absolute atomic E-state index is 0.0171. The van der Waals surface area contributed by atoms with Crippen molar-refractivity contribution in [1.29, 1.82) is 0 Å². The van der Waals surface area contributed by atoms with E-state index in [1.54, 1.807) is 6.20 Å². The van der Waals surface area contributed by atoms with Crippen molar-refractivity contribution in [1.82, 2.24) is 9.88 Å². The number of aliphatic hydroxyl groups excluding tert-OH is 1. The normalized spacial score (nSPS) is 28.6. The van der Waals surface area contributed by atoms with Gasteiger partial charge in [0.15, 0.2) is 0 Å². The summed E-state index contributed by atoms with van der Waals surface area (Å²) in [6.07, 6.45) is 3.32. The SMILES string of the molecule is CNc1cc(C)ncc1C(=O)N1CC2CCC(O)C2C1. The van der Waals surface area contributed by atoms with Crippen molar-refractivity contribution >= 4 is 11.6 Å². The third-order valence-corrected chi connectivity index (χ3v) is 4.65. The molecule has 1 aromatic heterocycles. The van der Waals surface area contributed by atoms with Gasteiger partial charge >= 0.3 is 0 Å². The number of hydrogen-bond acceptors (Lipinski definition) is 4. The summed E-state index contributed by atoms with van der Waals surface area (Å²) >= 11 is 0. The molecule has 1 aliphatic carbocycles. The summed E-state index contributed by atoms with van der Waals surface area (Å²) < 4.78 is 0. The summed E-state index contributed by atoms with van der Waals surface area (Å²) in [5.74, 6) is 0.740. The van der Waals surface area contributed by atoms with Gasteiger partial charge in [0.25, 0.3) is 5.91 Å². The fourth-order valence-corrected chi connectivity index (χ4v) is 3.51. The molecule has 1 saturated heterocycles. The van der Waals surface area contributed by atoms with E-state index < -0.39 is 0 Å². The summed E-state index contributed by atoms with van der Waals surface area (Å²) in [6.45, 7) is 3.34. The Bertz CT molecular complexity index is 532. The first-order valence-corrected chi connectivity index (χ1v) is 7.22. The number of rotatable bonds is 2. The zero-order chi connectivity index (χ0) is 14.3. The zero-order valence-corrected chi connectivity index (χ0v) is 12.0. The number of anilines is 1. The van der Waals surface area contributed by atoms with E-state index in [-0.39, 0.29) is 17.9 Å². The van der Waals surface area contributed by atoms with Crippen LogP contribution < -0.4 is 5.32 Å². The van der Waals surface area contributed by atoms with E-state index in [0.717, 1.165) is 30.8 Å². The van der Waals surface area contributed by atoms with Gasteiger partial charge in [0, 0.05) is 37.9 Å². The average molecular weight is 275 g/mol. The Balaban J connectivity index is 1.80. The van der Waals surface area contributed by atoms with E-state index >= 15 is 0 Å². The Morgan fingerprint density at radius 1 is 1.45 bits per heavy atom. The van der Waals surface area contributed by atoms with Gasteiger partial charge in [-0.05, 0) is 31.7 Å². The number of nitrogens with zero attached hydrogens (tertiary/aromatic N) is 2. The maximum Gasteiger partial charge on any atom is 0.257 e. The molecule has 3 atom stereocenters. The smallest absolute Gasteiger partial charge is 0.257 e. The minimum atomic E-state index is -0.238. The molecule has 2 N–H and O–H groups in total. The van der Waals surface area contributed by atoms with Crippen molar-refractivity contribution in [2.75, 3.05) is 25.5 Å². The lowest BCUT2D eigenvalue weighted by molar-refractivity contribution is 0.0753. The Labute approximate surface area is 119 Å². The van der Waals surface area contributed by atoms with Crippen LogP contribution in [0.15, 0.2) is 12.3 Å². The highest BCUT2D eigenvalue weighted by atomic mass is 16.3. The quantitative estimate of drug-likeness (QED) is 0.853. The highest BCUT2D eigenvalue weighted by molar-refractivity contribution is 5.99. The number of amides is 1. The highest BCUT2D eigenvalue weighted by Gasteiger charge is 2.43. The van der Waals surface area contributed by atoms with Crippen LogP contribution in [0.2, 0.25) is 0 Å². The third-order valence-electron chi connectivity index (χ3n) is 4.65. The van der Waals surface area contributed by atoms with Crippen molar-refractivity contribution in [3.05, 3.63) is 23.5 Å². The van der Waals surface area contributed by atoms with Crippen LogP contribution in [0.5, 0.6) is 0 Å². The molecule has 2 aliphatic rings. The molecule has 1 aromatic rings. The molecule has 2 heterocycles. The molecule has 5 nitrogen and oxygen atoms in total. The number of nitrogens with one attached hydrogen (secondary N) is 1. The van der Waals surface area contributed by atoms with Crippen molar-refractivity contribution in [3.63, 3.8) is 0 Å². The first-order chi connectivity index (χ1) is 9.60. The molecule has 2 fully saturated rings. The van der Waals surface area contributed by atoms with Crippen molar-refractivity contribution in [2.24, 2.45) is 11.8 Å². The molecule has 20 heavy (non-hydrogen) atoms. The second kappa shape index (κ2) is 5.05. The van der Waals surface area contributed by atoms with Gasteiger partial charge in [-0.25, -0.2) is 0 Å². The molecule has 3 unspecified atom stereocenters. The monoisotopic (exact) mass is 275 g/mol. The number of aliphatic hydroxyl groups is 1. The average Bonchev–Trinajstić information content (AvgIpc) is 3.00. The van der Waals surface area contributed by atoms with Crippen LogP contribution in [0, 0.1) is 18.8 Å². The number of likely N-dealkylation sites (tertiary alicyclic amines) is 1. The molecule has 0 aromatic carbocycles. The standard InChI is InChI=1S/C15H21N3O2/c1-9-5-13(16-2)11(6-17-9)15(20)18-7-10-3-4-14(19)12(10)8-18/h5-6,10,12,14,19H,3-4,7-8H2,1-2H3,(H,16,17). The summed E-state index contributed by atoms with van der Waals surface area (Å²) in [5.41, 5.74) is 2.33. The third kappa shape index (κ3) is 2.16. The Hall–Kier alpha value is -1.62. The summed E-state index contributed by atoms with van der Waals surface area (Å²) in [5, 5.41) is 13.0. The molecular weight excluding hydrogens is 254 g/mol. The number of aryl methyl sites for hydroxylation is 1. The summed E-state index contributed by atoms with van der Waals surface area (Å²) in [7, 11) is 1.81. The topological polar surface area (TPSA) is 65.5 Å². The van der Waals surface area contributed by atoms with Gasteiger partial charge in [0.1, 0.15) is 0 Å². The largest absolute Gasteiger partial charge is 0.393 e. The molecule has 0 bridgehead atoms. The van der Waals surface area contributed by atoms with Gasteiger partial charge in [0.2, 0.25) is 0 Å². The number of hydrogen-bond donors (Lipinski definition) is 2. The van der Waals surface area contributed by atoms with E-state index in [0.29, 0.717) is 18.0 Å². The van der Waals surface area contributed by atoms with E-state index in [1.807, 2.05) is 24.9 Å². The fourth-order valence-electron chi connectivity index (χ4n) is 3.51. The van der Waals surface area contributed by atoms with Crippen LogP contribution in [0.4, 0.5) is 5.69 Å².